The summed E-state index contributed by atoms with van der Waals surface area (Å²) in [4.78, 5) is 44.1. The van der Waals surface area contributed by atoms with E-state index >= 15 is 0 Å². The number of carbonyl (C=O) groups excluding carboxylic acids is 3. The lowest BCUT2D eigenvalue weighted by atomic mass is 9.98. The highest BCUT2D eigenvalue weighted by molar-refractivity contribution is 7.15. The van der Waals surface area contributed by atoms with Crippen LogP contribution in [0.1, 0.15) is 88.8 Å². The standard InChI is InChI=1S/C35H40N6O5S/c1-21-22(2)47-33-29(21)30(38-27(19-28(42)46-35(4,5)6)31-40-39-23(3)41(31)33)25-13-15-26(16-14-25)32(43)36-17-10-18-37-34(44)45-20-24-11-8-7-9-12-24/h7-9,11-16,27H,10,17-20H2,1-6H3,(H,36,43)(H,37,44)/t27-/m0/s1. The van der Waals surface area contributed by atoms with Crippen molar-refractivity contribution in [3.8, 4) is 5.00 Å². The van der Waals surface area contributed by atoms with E-state index in [4.69, 9.17) is 14.5 Å². The molecular weight excluding hydrogens is 616 g/mol. The maximum absolute atomic E-state index is 13.0. The monoisotopic (exact) mass is 656 g/mol. The summed E-state index contributed by atoms with van der Waals surface area (Å²) in [5.74, 6) is 0.696. The number of fused-ring (bicyclic) bond motifs is 3. The van der Waals surface area contributed by atoms with Crippen LogP contribution in [0.4, 0.5) is 4.79 Å². The molecule has 47 heavy (non-hydrogen) atoms. The first-order valence-corrected chi connectivity index (χ1v) is 16.4. The number of alkyl carbamates (subject to hydrolysis) is 1. The highest BCUT2D eigenvalue weighted by Crippen LogP contribution is 2.39. The van der Waals surface area contributed by atoms with Gasteiger partial charge >= 0.3 is 12.1 Å². The van der Waals surface area contributed by atoms with Gasteiger partial charge in [-0.05, 0) is 71.2 Å². The average molecular weight is 657 g/mol. The van der Waals surface area contributed by atoms with Crippen LogP contribution in [0.5, 0.6) is 0 Å². The molecule has 0 fully saturated rings. The smallest absolute Gasteiger partial charge is 0.407 e. The van der Waals surface area contributed by atoms with Crippen LogP contribution in [-0.2, 0) is 20.9 Å². The fourth-order valence-electron chi connectivity index (χ4n) is 5.20. The maximum atomic E-state index is 13.0. The summed E-state index contributed by atoms with van der Waals surface area (Å²) in [5.41, 5.74) is 4.34. The first kappa shape index (κ1) is 33.5. The summed E-state index contributed by atoms with van der Waals surface area (Å²) in [7, 11) is 0. The summed E-state index contributed by atoms with van der Waals surface area (Å²) in [6, 6.07) is 16.1. The second-order valence-electron chi connectivity index (χ2n) is 12.4. The van der Waals surface area contributed by atoms with E-state index in [1.165, 1.54) is 0 Å². The molecule has 2 aromatic carbocycles. The van der Waals surface area contributed by atoms with Gasteiger partial charge in [-0.1, -0.05) is 42.5 Å². The van der Waals surface area contributed by atoms with Gasteiger partial charge in [0.15, 0.2) is 5.82 Å². The summed E-state index contributed by atoms with van der Waals surface area (Å²) < 4.78 is 12.8. The molecule has 246 valence electrons. The van der Waals surface area contributed by atoms with Gasteiger partial charge in [-0.25, -0.2) is 4.79 Å². The highest BCUT2D eigenvalue weighted by Gasteiger charge is 2.33. The van der Waals surface area contributed by atoms with Crippen molar-refractivity contribution in [2.75, 3.05) is 13.1 Å². The highest BCUT2D eigenvalue weighted by atomic mass is 32.1. The van der Waals surface area contributed by atoms with Gasteiger partial charge in [-0.3, -0.25) is 19.1 Å². The van der Waals surface area contributed by atoms with Gasteiger partial charge in [-0.15, -0.1) is 21.5 Å². The van der Waals surface area contributed by atoms with E-state index in [0.717, 1.165) is 37.8 Å². The first-order chi connectivity index (χ1) is 22.4. The van der Waals surface area contributed by atoms with Crippen LogP contribution < -0.4 is 10.6 Å². The number of amides is 2. The molecule has 0 unspecified atom stereocenters. The Balaban J connectivity index is 1.27. The lowest BCUT2D eigenvalue weighted by Crippen LogP contribution is -2.30. The molecule has 2 aromatic heterocycles. The van der Waals surface area contributed by atoms with Gasteiger partial charge in [-0.2, -0.15) is 0 Å². The molecule has 2 amide bonds. The zero-order valence-corrected chi connectivity index (χ0v) is 28.4. The van der Waals surface area contributed by atoms with Gasteiger partial charge in [0, 0.05) is 34.7 Å². The maximum Gasteiger partial charge on any atom is 0.407 e. The van der Waals surface area contributed by atoms with Crippen molar-refractivity contribution in [3.05, 3.63) is 98.9 Å². The molecule has 1 atom stereocenters. The number of ether oxygens (including phenoxy) is 2. The third-order valence-corrected chi connectivity index (χ3v) is 8.75. The number of aliphatic imine (C=N–C) groups is 1. The fraction of sp³-hybridized carbons (Fsp3) is 0.371. The van der Waals surface area contributed by atoms with Crippen LogP contribution in [0.15, 0.2) is 59.6 Å². The quantitative estimate of drug-likeness (QED) is 0.160. The minimum absolute atomic E-state index is 0.00592. The molecule has 2 N–H and O–H groups in total. The van der Waals surface area contributed by atoms with E-state index in [0.29, 0.717) is 36.7 Å². The number of thiophene rings is 1. The Bertz CT molecular complexity index is 1790. The van der Waals surface area contributed by atoms with E-state index in [9.17, 15) is 14.4 Å². The third-order valence-electron chi connectivity index (χ3n) is 7.56. The number of aryl methyl sites for hydroxylation is 2. The average Bonchev–Trinajstić information content (AvgIpc) is 3.51. The molecule has 1 aliphatic heterocycles. The predicted octanol–water partition coefficient (Wildman–Crippen LogP) is 5.92. The SMILES string of the molecule is Cc1sc2c(c1C)C(c1ccc(C(=O)NCCCNC(=O)OCc3ccccc3)cc1)=N[C@@H](CC(=O)OC(C)(C)C)c1nnc(C)n1-2. The Morgan fingerprint density at radius 2 is 1.64 bits per heavy atom. The molecule has 0 bridgehead atoms. The molecule has 11 nitrogen and oxygen atoms in total. The lowest BCUT2D eigenvalue weighted by molar-refractivity contribution is -0.155. The van der Waals surface area contributed by atoms with Gasteiger partial charge in [0.1, 0.15) is 29.1 Å². The fourth-order valence-corrected chi connectivity index (χ4v) is 6.42. The van der Waals surface area contributed by atoms with E-state index in [1.54, 1.807) is 23.5 Å². The van der Waals surface area contributed by atoms with Crippen LogP contribution in [0.2, 0.25) is 0 Å². The number of hydrogen-bond donors (Lipinski definition) is 2. The van der Waals surface area contributed by atoms with Crippen molar-refractivity contribution in [2.24, 2.45) is 4.99 Å². The molecule has 1 aliphatic rings. The number of benzene rings is 2. The number of carbonyl (C=O) groups is 3. The van der Waals surface area contributed by atoms with Crippen molar-refractivity contribution in [1.29, 1.82) is 0 Å². The van der Waals surface area contributed by atoms with Crippen LogP contribution in [-0.4, -0.2) is 57.1 Å². The number of nitrogens with zero attached hydrogens (tertiary/aromatic N) is 4. The largest absolute Gasteiger partial charge is 0.460 e. The Labute approximate surface area is 278 Å². The van der Waals surface area contributed by atoms with Crippen LogP contribution in [0.3, 0.4) is 0 Å². The lowest BCUT2D eigenvalue weighted by Gasteiger charge is -2.21. The molecule has 4 aromatic rings. The number of esters is 1. The molecule has 0 radical (unpaired) electrons. The number of rotatable bonds is 10. The molecule has 3 heterocycles. The van der Waals surface area contributed by atoms with Crippen molar-refractivity contribution < 1.29 is 23.9 Å². The molecular formula is C35H40N6O5S. The van der Waals surface area contributed by atoms with E-state index in [-0.39, 0.29) is 24.9 Å². The van der Waals surface area contributed by atoms with E-state index in [1.807, 2.05) is 74.7 Å². The summed E-state index contributed by atoms with van der Waals surface area (Å²) in [6.07, 6.45) is 0.0500. The Kier molecular flexibility index (Phi) is 10.2. The molecule has 0 saturated heterocycles. The molecule has 0 spiro atoms. The zero-order chi connectivity index (χ0) is 33.7. The second kappa shape index (κ2) is 14.3. The topological polar surface area (TPSA) is 137 Å². The van der Waals surface area contributed by atoms with Crippen LogP contribution in [0, 0.1) is 20.8 Å². The Morgan fingerprint density at radius 1 is 0.936 bits per heavy atom. The summed E-state index contributed by atoms with van der Waals surface area (Å²) in [5, 5.41) is 15.3. The van der Waals surface area contributed by atoms with Crippen LogP contribution >= 0.6 is 11.3 Å². The number of aromatic nitrogens is 3. The molecule has 12 heteroatoms. The van der Waals surface area contributed by atoms with Gasteiger partial charge in [0.05, 0.1) is 12.1 Å². The minimum Gasteiger partial charge on any atom is -0.460 e. The third kappa shape index (κ3) is 8.12. The molecule has 0 aliphatic carbocycles. The van der Waals surface area contributed by atoms with Crippen LogP contribution in [0.25, 0.3) is 5.00 Å². The molecule has 0 saturated carbocycles. The zero-order valence-electron chi connectivity index (χ0n) is 27.5. The van der Waals surface area contributed by atoms with E-state index in [2.05, 4.69) is 34.7 Å². The second-order valence-corrected chi connectivity index (χ2v) is 13.6. The van der Waals surface area contributed by atoms with Gasteiger partial charge in [0.25, 0.3) is 5.91 Å². The number of nitrogens with one attached hydrogen (secondary N) is 2. The summed E-state index contributed by atoms with van der Waals surface area (Å²) >= 11 is 1.63. The van der Waals surface area contributed by atoms with Crippen molar-refractivity contribution in [3.63, 3.8) is 0 Å². The first-order valence-electron chi connectivity index (χ1n) is 15.6. The van der Waals surface area contributed by atoms with Gasteiger partial charge < -0.3 is 20.1 Å². The van der Waals surface area contributed by atoms with E-state index < -0.39 is 17.7 Å². The molecule has 5 rings (SSSR count). The van der Waals surface area contributed by atoms with Crippen molar-refractivity contribution in [1.82, 2.24) is 25.4 Å². The number of hydrogen-bond acceptors (Lipinski definition) is 9. The Morgan fingerprint density at radius 3 is 2.34 bits per heavy atom. The Hall–Kier alpha value is -4.84. The van der Waals surface area contributed by atoms with Gasteiger partial charge in [0.2, 0.25) is 0 Å². The minimum atomic E-state index is -0.633. The van der Waals surface area contributed by atoms with Crippen molar-refractivity contribution in [2.45, 2.75) is 72.6 Å². The normalized spacial score (nSPS) is 13.9. The predicted molar refractivity (Wildman–Crippen MR) is 180 cm³/mol. The summed E-state index contributed by atoms with van der Waals surface area (Å²) in [6.45, 7) is 12.5. The van der Waals surface area contributed by atoms with Crippen molar-refractivity contribution >= 4 is 35.0 Å².